The molecule has 0 bridgehead atoms. The summed E-state index contributed by atoms with van der Waals surface area (Å²) in [7, 11) is -1.77. The molecule has 2 unspecified atom stereocenters. The van der Waals surface area contributed by atoms with Crippen molar-refractivity contribution in [2.24, 2.45) is 5.92 Å². The molecule has 5 heteroatoms. The third-order valence-corrected chi connectivity index (χ3v) is 6.46. The van der Waals surface area contributed by atoms with Gasteiger partial charge in [-0.3, -0.25) is 0 Å². The largest absolute Gasteiger partial charge is 0.398 e. The minimum Gasteiger partial charge on any atom is -0.398 e. The lowest BCUT2D eigenvalue weighted by atomic mass is 9.87. The SMILES string of the molecule is Cc1c(N)cccc1S(=O)(=O)N(C)C1CCCC(C)C1. The Bertz CT molecular complexity index is 584. The van der Waals surface area contributed by atoms with E-state index in [1.54, 1.807) is 36.5 Å². The summed E-state index contributed by atoms with van der Waals surface area (Å²) in [5.74, 6) is 0.591. The van der Waals surface area contributed by atoms with Crippen LogP contribution >= 0.6 is 0 Å². The van der Waals surface area contributed by atoms with E-state index in [0.29, 0.717) is 22.1 Å². The van der Waals surface area contributed by atoms with Crippen LogP contribution < -0.4 is 5.73 Å². The molecule has 20 heavy (non-hydrogen) atoms. The number of benzene rings is 1. The van der Waals surface area contributed by atoms with Crippen molar-refractivity contribution in [2.75, 3.05) is 12.8 Å². The van der Waals surface area contributed by atoms with Crippen molar-refractivity contribution < 1.29 is 8.42 Å². The molecule has 4 nitrogen and oxygen atoms in total. The van der Waals surface area contributed by atoms with Crippen molar-refractivity contribution in [1.29, 1.82) is 0 Å². The smallest absolute Gasteiger partial charge is 0.243 e. The van der Waals surface area contributed by atoms with E-state index >= 15 is 0 Å². The highest BCUT2D eigenvalue weighted by atomic mass is 32.2. The molecule has 1 aromatic carbocycles. The van der Waals surface area contributed by atoms with Gasteiger partial charge in [0.2, 0.25) is 10.0 Å². The average molecular weight is 296 g/mol. The molecule has 1 saturated carbocycles. The minimum atomic E-state index is -3.46. The molecule has 2 rings (SSSR count). The summed E-state index contributed by atoms with van der Waals surface area (Å²) >= 11 is 0. The first-order valence-corrected chi connectivity index (χ1v) is 8.61. The summed E-state index contributed by atoms with van der Waals surface area (Å²) in [6.45, 7) is 3.96. The van der Waals surface area contributed by atoms with Crippen LogP contribution in [0.5, 0.6) is 0 Å². The molecule has 0 aromatic heterocycles. The Morgan fingerprint density at radius 2 is 2.00 bits per heavy atom. The van der Waals surface area contributed by atoms with Gasteiger partial charge in [-0.1, -0.05) is 25.8 Å². The van der Waals surface area contributed by atoms with Gasteiger partial charge in [-0.25, -0.2) is 8.42 Å². The van der Waals surface area contributed by atoms with Crippen LogP contribution in [0, 0.1) is 12.8 Å². The van der Waals surface area contributed by atoms with Crippen LogP contribution in [-0.2, 0) is 10.0 Å². The number of sulfonamides is 1. The fraction of sp³-hybridized carbons (Fsp3) is 0.600. The molecule has 0 heterocycles. The molecule has 2 N–H and O–H groups in total. The molecule has 1 aliphatic rings. The predicted octanol–water partition coefficient (Wildman–Crippen LogP) is 2.78. The van der Waals surface area contributed by atoms with Crippen molar-refractivity contribution in [1.82, 2.24) is 4.31 Å². The van der Waals surface area contributed by atoms with Crippen LogP contribution in [0.3, 0.4) is 0 Å². The minimum absolute atomic E-state index is 0.101. The van der Waals surface area contributed by atoms with Crippen LogP contribution in [0.25, 0.3) is 0 Å². The van der Waals surface area contributed by atoms with E-state index in [-0.39, 0.29) is 6.04 Å². The van der Waals surface area contributed by atoms with Gasteiger partial charge in [0, 0.05) is 18.8 Å². The van der Waals surface area contributed by atoms with Gasteiger partial charge >= 0.3 is 0 Å². The van der Waals surface area contributed by atoms with Crippen molar-refractivity contribution in [3.8, 4) is 0 Å². The Morgan fingerprint density at radius 3 is 2.65 bits per heavy atom. The van der Waals surface area contributed by atoms with E-state index in [0.717, 1.165) is 19.3 Å². The van der Waals surface area contributed by atoms with Gasteiger partial charge in [0.05, 0.1) is 4.90 Å². The van der Waals surface area contributed by atoms with Gasteiger partial charge in [0.1, 0.15) is 0 Å². The molecule has 112 valence electrons. The van der Waals surface area contributed by atoms with Crippen molar-refractivity contribution >= 4 is 15.7 Å². The molecule has 0 radical (unpaired) electrons. The van der Waals surface area contributed by atoms with Gasteiger partial charge in [-0.15, -0.1) is 0 Å². The van der Waals surface area contributed by atoms with E-state index in [1.807, 2.05) is 0 Å². The maximum absolute atomic E-state index is 12.8. The fourth-order valence-electron chi connectivity index (χ4n) is 2.99. The normalized spacial score (nSPS) is 24.0. The van der Waals surface area contributed by atoms with Gasteiger partial charge in [0.15, 0.2) is 0 Å². The maximum Gasteiger partial charge on any atom is 0.243 e. The molecule has 1 aliphatic carbocycles. The van der Waals surface area contributed by atoms with Gasteiger partial charge in [-0.05, 0) is 43.4 Å². The maximum atomic E-state index is 12.8. The van der Waals surface area contributed by atoms with Crippen LogP contribution in [0.15, 0.2) is 23.1 Å². The topological polar surface area (TPSA) is 63.4 Å². The zero-order chi connectivity index (χ0) is 14.9. The number of nitrogens with two attached hydrogens (primary N) is 1. The van der Waals surface area contributed by atoms with E-state index in [4.69, 9.17) is 5.73 Å². The van der Waals surface area contributed by atoms with Crippen molar-refractivity contribution in [2.45, 2.75) is 50.5 Å². The first-order valence-electron chi connectivity index (χ1n) is 7.17. The quantitative estimate of drug-likeness (QED) is 0.872. The number of nitrogens with zero attached hydrogens (tertiary/aromatic N) is 1. The highest BCUT2D eigenvalue weighted by Gasteiger charge is 2.32. The standard InChI is InChI=1S/C15H24N2O2S/c1-11-6-4-7-13(10-11)17(3)20(18,19)15-9-5-8-14(16)12(15)2/h5,8-9,11,13H,4,6-7,10,16H2,1-3H3. The second-order valence-corrected chi connectivity index (χ2v) is 7.88. The fourth-order valence-corrected chi connectivity index (χ4v) is 4.64. The van der Waals surface area contributed by atoms with E-state index in [9.17, 15) is 8.42 Å². The van der Waals surface area contributed by atoms with Crippen LogP contribution in [0.1, 0.15) is 38.2 Å². The number of nitrogen functional groups attached to an aromatic ring is 1. The summed E-state index contributed by atoms with van der Waals surface area (Å²) in [6.07, 6.45) is 4.18. The number of hydrogen-bond donors (Lipinski definition) is 1. The summed E-state index contributed by atoms with van der Waals surface area (Å²) in [4.78, 5) is 0.332. The molecule has 2 atom stereocenters. The molecule has 0 amide bonds. The van der Waals surface area contributed by atoms with Gasteiger partial charge in [-0.2, -0.15) is 4.31 Å². The molecule has 0 spiro atoms. The summed E-state index contributed by atoms with van der Waals surface area (Å²) in [6, 6.07) is 5.18. The lowest BCUT2D eigenvalue weighted by Crippen LogP contribution is -2.40. The first kappa shape index (κ1) is 15.3. The first-order chi connectivity index (χ1) is 9.34. The van der Waals surface area contributed by atoms with Crippen LogP contribution in [0.2, 0.25) is 0 Å². The summed E-state index contributed by atoms with van der Waals surface area (Å²) < 4.78 is 27.1. The number of hydrogen-bond acceptors (Lipinski definition) is 3. The zero-order valence-electron chi connectivity index (χ0n) is 12.5. The second-order valence-electron chi connectivity index (χ2n) is 5.92. The Morgan fingerprint density at radius 1 is 1.30 bits per heavy atom. The lowest BCUT2D eigenvalue weighted by Gasteiger charge is -2.33. The summed E-state index contributed by atoms with van der Waals surface area (Å²) in [5.41, 5.74) is 7.00. The molecule has 0 aliphatic heterocycles. The van der Waals surface area contributed by atoms with E-state index < -0.39 is 10.0 Å². The highest BCUT2D eigenvalue weighted by Crippen LogP contribution is 2.31. The third kappa shape index (κ3) is 2.83. The van der Waals surface area contributed by atoms with Crippen molar-refractivity contribution in [3.63, 3.8) is 0 Å². The van der Waals surface area contributed by atoms with Gasteiger partial charge < -0.3 is 5.73 Å². The zero-order valence-corrected chi connectivity index (χ0v) is 13.3. The molecular formula is C15H24N2O2S. The molecule has 1 aromatic rings. The Hall–Kier alpha value is -1.07. The van der Waals surface area contributed by atoms with E-state index in [1.165, 1.54) is 6.42 Å². The Balaban J connectivity index is 2.32. The van der Waals surface area contributed by atoms with Crippen LogP contribution in [0.4, 0.5) is 5.69 Å². The highest BCUT2D eigenvalue weighted by molar-refractivity contribution is 7.89. The molecular weight excluding hydrogens is 272 g/mol. The van der Waals surface area contributed by atoms with Crippen LogP contribution in [-0.4, -0.2) is 25.8 Å². The van der Waals surface area contributed by atoms with Crippen molar-refractivity contribution in [3.05, 3.63) is 23.8 Å². The molecule has 0 saturated heterocycles. The monoisotopic (exact) mass is 296 g/mol. The molecule has 1 fully saturated rings. The van der Waals surface area contributed by atoms with E-state index in [2.05, 4.69) is 6.92 Å². The summed E-state index contributed by atoms with van der Waals surface area (Å²) in [5, 5.41) is 0. The lowest BCUT2D eigenvalue weighted by molar-refractivity contribution is 0.239. The Labute approximate surface area is 122 Å². The second kappa shape index (κ2) is 5.74. The third-order valence-electron chi connectivity index (χ3n) is 4.41. The number of rotatable bonds is 3. The average Bonchev–Trinajstić information content (AvgIpc) is 2.40. The number of anilines is 1. The predicted molar refractivity (Wildman–Crippen MR) is 82.0 cm³/mol. The van der Waals surface area contributed by atoms with Gasteiger partial charge in [0.25, 0.3) is 0 Å². The Kier molecular flexibility index (Phi) is 4.39.